The van der Waals surface area contributed by atoms with Crippen LogP contribution >= 0.6 is 11.6 Å². The van der Waals surface area contributed by atoms with Crippen molar-refractivity contribution in [2.45, 2.75) is 31.7 Å². The van der Waals surface area contributed by atoms with Crippen molar-refractivity contribution in [1.82, 2.24) is 9.80 Å². The highest BCUT2D eigenvalue weighted by atomic mass is 35.5. The first-order valence-electron chi connectivity index (χ1n) is 7.31. The molecule has 2 aliphatic heterocycles. The van der Waals surface area contributed by atoms with E-state index in [1.54, 1.807) is 7.11 Å². The molecular weight excluding hydrogens is 264 g/mol. The third kappa shape index (κ3) is 4.07. The lowest BCUT2D eigenvalue weighted by Gasteiger charge is -2.36. The molecule has 0 aliphatic carbocycles. The van der Waals surface area contributed by atoms with Crippen molar-refractivity contribution >= 4 is 17.5 Å². The Morgan fingerprint density at radius 1 is 1.37 bits per heavy atom. The number of hydrogen-bond donors (Lipinski definition) is 0. The lowest BCUT2D eigenvalue weighted by Crippen LogP contribution is -2.45. The first kappa shape index (κ1) is 15.1. The summed E-state index contributed by atoms with van der Waals surface area (Å²) in [7, 11) is 1.75. The van der Waals surface area contributed by atoms with Crippen LogP contribution in [0.3, 0.4) is 0 Å². The zero-order valence-corrected chi connectivity index (χ0v) is 12.6. The van der Waals surface area contributed by atoms with E-state index in [4.69, 9.17) is 16.3 Å². The molecule has 1 amide bonds. The molecule has 0 N–H and O–H groups in total. The van der Waals surface area contributed by atoms with E-state index in [1.807, 2.05) is 0 Å². The second-order valence-corrected chi connectivity index (χ2v) is 6.00. The van der Waals surface area contributed by atoms with E-state index < -0.39 is 0 Å². The van der Waals surface area contributed by atoms with E-state index in [0.29, 0.717) is 30.2 Å². The van der Waals surface area contributed by atoms with Crippen LogP contribution in [0.5, 0.6) is 0 Å². The fourth-order valence-corrected chi connectivity index (χ4v) is 3.36. The van der Waals surface area contributed by atoms with Crippen molar-refractivity contribution in [2.24, 2.45) is 5.92 Å². The Kier molecular flexibility index (Phi) is 5.92. The van der Waals surface area contributed by atoms with Gasteiger partial charge in [0.15, 0.2) is 0 Å². The number of carbonyl (C=O) groups excluding carboxylic acids is 1. The van der Waals surface area contributed by atoms with E-state index >= 15 is 0 Å². The summed E-state index contributed by atoms with van der Waals surface area (Å²) < 4.78 is 5.08. The predicted octanol–water partition coefficient (Wildman–Crippen LogP) is 1.57. The highest BCUT2D eigenvalue weighted by Crippen LogP contribution is 2.26. The number of ether oxygens (including phenoxy) is 1. The zero-order valence-electron chi connectivity index (χ0n) is 11.8. The van der Waals surface area contributed by atoms with Gasteiger partial charge in [-0.05, 0) is 25.2 Å². The van der Waals surface area contributed by atoms with Crippen molar-refractivity contribution in [3.05, 3.63) is 0 Å². The lowest BCUT2D eigenvalue weighted by atomic mass is 10.0. The van der Waals surface area contributed by atoms with Crippen LogP contribution in [-0.4, -0.2) is 67.5 Å². The van der Waals surface area contributed by atoms with Gasteiger partial charge in [-0.25, -0.2) is 0 Å². The number of nitrogens with zero attached hydrogens (tertiary/aromatic N) is 2. The standard InChI is InChI=1S/C14H25ClN2O2/c1-19-8-2-5-16-6-3-13(4-7-16)17-11-12(10-15)9-14(17)18/h12-13H,2-11H2,1H3. The van der Waals surface area contributed by atoms with Crippen LogP contribution < -0.4 is 0 Å². The summed E-state index contributed by atoms with van der Waals surface area (Å²) >= 11 is 5.87. The van der Waals surface area contributed by atoms with Gasteiger partial charge in [-0.2, -0.15) is 0 Å². The van der Waals surface area contributed by atoms with Crippen molar-refractivity contribution in [1.29, 1.82) is 0 Å². The Balaban J connectivity index is 1.72. The molecule has 19 heavy (non-hydrogen) atoms. The average Bonchev–Trinajstić information content (AvgIpc) is 2.81. The van der Waals surface area contributed by atoms with Gasteiger partial charge in [0.1, 0.15) is 0 Å². The van der Waals surface area contributed by atoms with Crippen molar-refractivity contribution in [3.8, 4) is 0 Å². The largest absolute Gasteiger partial charge is 0.385 e. The topological polar surface area (TPSA) is 32.8 Å². The number of likely N-dealkylation sites (tertiary alicyclic amines) is 2. The van der Waals surface area contributed by atoms with Gasteiger partial charge < -0.3 is 14.5 Å². The highest BCUT2D eigenvalue weighted by molar-refractivity contribution is 6.18. The van der Waals surface area contributed by atoms with E-state index in [1.165, 1.54) is 0 Å². The monoisotopic (exact) mass is 288 g/mol. The summed E-state index contributed by atoms with van der Waals surface area (Å²) in [4.78, 5) is 16.5. The number of carbonyl (C=O) groups is 1. The van der Waals surface area contributed by atoms with Gasteiger partial charge in [-0.15, -0.1) is 11.6 Å². The molecule has 4 nitrogen and oxygen atoms in total. The first-order chi connectivity index (χ1) is 9.24. The molecule has 0 aromatic heterocycles. The smallest absolute Gasteiger partial charge is 0.223 e. The molecule has 2 fully saturated rings. The highest BCUT2D eigenvalue weighted by Gasteiger charge is 2.35. The summed E-state index contributed by atoms with van der Waals surface area (Å²) in [5, 5.41) is 0. The van der Waals surface area contributed by atoms with Crippen LogP contribution in [0.15, 0.2) is 0 Å². The Bertz CT molecular complexity index is 293. The van der Waals surface area contributed by atoms with Crippen LogP contribution in [-0.2, 0) is 9.53 Å². The summed E-state index contributed by atoms with van der Waals surface area (Å²) in [6.45, 7) is 5.02. The van der Waals surface area contributed by atoms with E-state index in [2.05, 4.69) is 9.80 Å². The Morgan fingerprint density at radius 3 is 2.68 bits per heavy atom. The van der Waals surface area contributed by atoms with Gasteiger partial charge in [0.2, 0.25) is 5.91 Å². The molecule has 0 spiro atoms. The average molecular weight is 289 g/mol. The van der Waals surface area contributed by atoms with Gasteiger partial charge in [0.25, 0.3) is 0 Å². The maximum absolute atomic E-state index is 12.0. The normalized spacial score (nSPS) is 26.3. The minimum atomic E-state index is 0.309. The third-order valence-corrected chi connectivity index (χ3v) is 4.71. The molecule has 0 aromatic rings. The number of piperidine rings is 1. The van der Waals surface area contributed by atoms with E-state index in [9.17, 15) is 4.79 Å². The van der Waals surface area contributed by atoms with Gasteiger partial charge >= 0.3 is 0 Å². The number of amides is 1. The Morgan fingerprint density at radius 2 is 2.11 bits per heavy atom. The molecule has 2 heterocycles. The van der Waals surface area contributed by atoms with Crippen molar-refractivity contribution in [3.63, 3.8) is 0 Å². The van der Waals surface area contributed by atoms with Crippen molar-refractivity contribution in [2.75, 3.05) is 45.8 Å². The number of alkyl halides is 1. The Labute approximate surface area is 121 Å². The third-order valence-electron chi connectivity index (χ3n) is 4.28. The summed E-state index contributed by atoms with van der Waals surface area (Å²) in [5.74, 6) is 1.29. The van der Waals surface area contributed by atoms with Crippen LogP contribution in [0, 0.1) is 5.92 Å². The second kappa shape index (κ2) is 7.46. The second-order valence-electron chi connectivity index (χ2n) is 5.69. The van der Waals surface area contributed by atoms with Crippen LogP contribution in [0.25, 0.3) is 0 Å². The van der Waals surface area contributed by atoms with Crippen LogP contribution in [0.2, 0.25) is 0 Å². The van der Waals surface area contributed by atoms with Gasteiger partial charge in [-0.1, -0.05) is 0 Å². The lowest BCUT2D eigenvalue weighted by molar-refractivity contribution is -0.130. The van der Waals surface area contributed by atoms with Crippen LogP contribution in [0.1, 0.15) is 25.7 Å². The molecular formula is C14H25ClN2O2. The molecule has 1 unspecified atom stereocenters. The molecule has 2 aliphatic rings. The maximum Gasteiger partial charge on any atom is 0.223 e. The maximum atomic E-state index is 12.0. The predicted molar refractivity (Wildman–Crippen MR) is 76.5 cm³/mol. The minimum absolute atomic E-state index is 0.309. The van der Waals surface area contributed by atoms with Gasteiger partial charge in [0.05, 0.1) is 0 Å². The molecule has 1 atom stereocenters. The van der Waals surface area contributed by atoms with E-state index in [0.717, 1.165) is 52.0 Å². The van der Waals surface area contributed by atoms with Crippen LogP contribution in [0.4, 0.5) is 0 Å². The molecule has 2 saturated heterocycles. The molecule has 2 rings (SSSR count). The first-order valence-corrected chi connectivity index (χ1v) is 7.84. The quantitative estimate of drug-likeness (QED) is 0.549. The molecule has 0 bridgehead atoms. The zero-order chi connectivity index (χ0) is 13.7. The summed E-state index contributed by atoms with van der Waals surface area (Å²) in [6.07, 6.45) is 3.96. The number of methoxy groups -OCH3 is 1. The minimum Gasteiger partial charge on any atom is -0.385 e. The fourth-order valence-electron chi connectivity index (χ4n) is 3.15. The Hall–Kier alpha value is -0.320. The molecule has 0 radical (unpaired) electrons. The summed E-state index contributed by atoms with van der Waals surface area (Å²) in [6, 6.07) is 0.444. The van der Waals surface area contributed by atoms with Crippen molar-refractivity contribution < 1.29 is 9.53 Å². The summed E-state index contributed by atoms with van der Waals surface area (Å²) in [5.41, 5.74) is 0. The molecule has 5 heteroatoms. The molecule has 0 aromatic carbocycles. The number of halogens is 1. The molecule has 0 saturated carbocycles. The number of rotatable bonds is 6. The molecule has 110 valence electrons. The van der Waals surface area contributed by atoms with E-state index in [-0.39, 0.29) is 0 Å². The fraction of sp³-hybridized carbons (Fsp3) is 0.929. The number of hydrogen-bond acceptors (Lipinski definition) is 3. The van der Waals surface area contributed by atoms with Gasteiger partial charge in [0, 0.05) is 58.2 Å². The van der Waals surface area contributed by atoms with Gasteiger partial charge in [-0.3, -0.25) is 4.79 Å². The SMILES string of the molecule is COCCCN1CCC(N2CC(CCl)CC2=O)CC1.